The van der Waals surface area contributed by atoms with E-state index in [1.807, 2.05) is 47.9 Å². The predicted octanol–water partition coefficient (Wildman–Crippen LogP) is 5.00. The number of nitrogens with zero attached hydrogens (tertiary/aromatic N) is 3. The second kappa shape index (κ2) is 10.6. The molecular formula is C22H23IN4O2S. The zero-order valence-electron chi connectivity index (χ0n) is 16.9. The quantitative estimate of drug-likeness (QED) is 0.238. The first-order chi connectivity index (χ1) is 14.5. The van der Waals surface area contributed by atoms with Crippen LogP contribution >= 0.6 is 34.4 Å². The third-order valence-electron chi connectivity index (χ3n) is 4.48. The summed E-state index contributed by atoms with van der Waals surface area (Å²) in [6.45, 7) is 8.74. The van der Waals surface area contributed by atoms with Crippen LogP contribution < -0.4 is 10.1 Å². The lowest BCUT2D eigenvalue weighted by Gasteiger charge is -2.12. The zero-order chi connectivity index (χ0) is 21.5. The van der Waals surface area contributed by atoms with Crippen LogP contribution in [0.3, 0.4) is 0 Å². The molecule has 2 aromatic carbocycles. The minimum absolute atomic E-state index is 0.0949. The van der Waals surface area contributed by atoms with Gasteiger partial charge in [0.15, 0.2) is 11.0 Å². The number of nitrogens with one attached hydrogen (secondary N) is 1. The molecule has 30 heavy (non-hydrogen) atoms. The van der Waals surface area contributed by atoms with Gasteiger partial charge >= 0.3 is 0 Å². The third kappa shape index (κ3) is 5.85. The average Bonchev–Trinajstić information content (AvgIpc) is 3.11. The highest BCUT2D eigenvalue weighted by molar-refractivity contribution is 14.1. The molecule has 0 aliphatic carbocycles. The molecule has 0 radical (unpaired) electrons. The molecular weight excluding hydrogens is 511 g/mol. The van der Waals surface area contributed by atoms with E-state index in [9.17, 15) is 4.79 Å². The maximum absolute atomic E-state index is 12.3. The Morgan fingerprint density at radius 3 is 2.73 bits per heavy atom. The van der Waals surface area contributed by atoms with Gasteiger partial charge in [-0.3, -0.25) is 9.36 Å². The average molecular weight is 534 g/mol. The van der Waals surface area contributed by atoms with Crippen LogP contribution in [-0.2, 0) is 17.9 Å². The fourth-order valence-electron chi connectivity index (χ4n) is 2.73. The van der Waals surface area contributed by atoms with Gasteiger partial charge in [-0.05, 0) is 77.9 Å². The van der Waals surface area contributed by atoms with Crippen LogP contribution in [0.4, 0.5) is 5.69 Å². The summed E-state index contributed by atoms with van der Waals surface area (Å²) >= 11 is 3.57. The second-order valence-electron chi connectivity index (χ2n) is 6.63. The van der Waals surface area contributed by atoms with Crippen LogP contribution in [-0.4, -0.2) is 26.4 Å². The summed E-state index contributed by atoms with van der Waals surface area (Å²) < 4.78 is 9.01. The van der Waals surface area contributed by atoms with E-state index < -0.39 is 0 Å². The van der Waals surface area contributed by atoms with Gasteiger partial charge in [0.25, 0.3) is 0 Å². The Morgan fingerprint density at radius 1 is 1.23 bits per heavy atom. The number of rotatable bonds is 9. The molecule has 0 saturated heterocycles. The maximum atomic E-state index is 12.3. The SMILES string of the molecule is C=CCn1c(COc2cccc(C)c2C)nnc1SCC(=O)Nc1ccc(I)cc1. The van der Waals surface area contributed by atoms with Gasteiger partial charge in [-0.2, -0.15) is 0 Å². The summed E-state index contributed by atoms with van der Waals surface area (Å²) in [5.41, 5.74) is 3.06. The third-order valence-corrected chi connectivity index (χ3v) is 6.16. The number of aromatic nitrogens is 3. The van der Waals surface area contributed by atoms with Crippen LogP contribution in [0.25, 0.3) is 0 Å². The number of hydrogen-bond acceptors (Lipinski definition) is 5. The minimum Gasteiger partial charge on any atom is -0.485 e. The highest BCUT2D eigenvalue weighted by Gasteiger charge is 2.15. The van der Waals surface area contributed by atoms with Crippen molar-refractivity contribution in [1.29, 1.82) is 0 Å². The molecule has 1 aromatic heterocycles. The molecule has 156 valence electrons. The molecule has 6 nitrogen and oxygen atoms in total. The number of halogens is 1. The lowest BCUT2D eigenvalue weighted by atomic mass is 10.1. The van der Waals surface area contributed by atoms with Crippen molar-refractivity contribution in [3.05, 3.63) is 75.6 Å². The Balaban J connectivity index is 1.63. The number of ether oxygens (including phenoxy) is 1. The number of allylic oxidation sites excluding steroid dienone is 1. The van der Waals surface area contributed by atoms with Crippen LogP contribution in [0.1, 0.15) is 17.0 Å². The first kappa shape index (κ1) is 22.4. The van der Waals surface area contributed by atoms with Crippen LogP contribution in [0.15, 0.2) is 60.3 Å². The molecule has 0 fully saturated rings. The van der Waals surface area contributed by atoms with E-state index in [-0.39, 0.29) is 11.7 Å². The number of carbonyl (C=O) groups excluding carboxylic acids is 1. The Hall–Kier alpha value is -2.33. The Morgan fingerprint density at radius 2 is 2.00 bits per heavy atom. The smallest absolute Gasteiger partial charge is 0.234 e. The van der Waals surface area contributed by atoms with Gasteiger partial charge in [-0.1, -0.05) is 30.0 Å². The summed E-state index contributed by atoms with van der Waals surface area (Å²) in [5, 5.41) is 12.1. The standard InChI is InChI=1S/C22H23IN4O2S/c1-4-12-27-20(13-29-19-7-5-6-15(2)16(19)3)25-26-22(27)30-14-21(28)24-18-10-8-17(23)9-11-18/h4-11H,1,12-14H2,2-3H3,(H,24,28). The number of anilines is 1. The lowest BCUT2D eigenvalue weighted by molar-refractivity contribution is -0.113. The second-order valence-corrected chi connectivity index (χ2v) is 8.82. The van der Waals surface area contributed by atoms with Gasteiger partial charge in [-0.15, -0.1) is 16.8 Å². The molecule has 0 unspecified atom stereocenters. The predicted molar refractivity (Wildman–Crippen MR) is 129 cm³/mol. The molecule has 8 heteroatoms. The lowest BCUT2D eigenvalue weighted by Crippen LogP contribution is -2.15. The summed E-state index contributed by atoms with van der Waals surface area (Å²) in [6.07, 6.45) is 1.78. The van der Waals surface area contributed by atoms with E-state index in [2.05, 4.69) is 57.7 Å². The van der Waals surface area contributed by atoms with Crippen molar-refractivity contribution in [3.63, 3.8) is 0 Å². The fourth-order valence-corrected chi connectivity index (χ4v) is 3.85. The molecule has 1 amide bonds. The molecule has 0 atom stereocenters. The molecule has 0 aliphatic heterocycles. The van der Waals surface area contributed by atoms with Crippen LogP contribution in [0, 0.1) is 17.4 Å². The van der Waals surface area contributed by atoms with Gasteiger partial charge in [0.2, 0.25) is 5.91 Å². The molecule has 0 aliphatic rings. The van der Waals surface area contributed by atoms with Crippen molar-refractivity contribution in [2.24, 2.45) is 0 Å². The fraction of sp³-hybridized carbons (Fsp3) is 0.227. The maximum Gasteiger partial charge on any atom is 0.234 e. The zero-order valence-corrected chi connectivity index (χ0v) is 19.9. The van der Waals surface area contributed by atoms with E-state index in [0.717, 1.165) is 20.6 Å². The van der Waals surface area contributed by atoms with Crippen molar-refractivity contribution in [2.75, 3.05) is 11.1 Å². The summed E-state index contributed by atoms with van der Waals surface area (Å²) in [5.74, 6) is 1.66. The van der Waals surface area contributed by atoms with Crippen LogP contribution in [0.2, 0.25) is 0 Å². The normalized spacial score (nSPS) is 10.6. The van der Waals surface area contributed by atoms with E-state index in [1.54, 1.807) is 6.08 Å². The number of thioether (sulfide) groups is 1. The van der Waals surface area contributed by atoms with E-state index >= 15 is 0 Å². The Labute approximate surface area is 194 Å². The number of carbonyl (C=O) groups is 1. The van der Waals surface area contributed by atoms with Gasteiger partial charge in [0, 0.05) is 15.8 Å². The van der Waals surface area contributed by atoms with Crippen molar-refractivity contribution >= 4 is 45.9 Å². The summed E-state index contributed by atoms with van der Waals surface area (Å²) in [7, 11) is 0. The van der Waals surface area contributed by atoms with Gasteiger partial charge in [0.05, 0.1) is 5.75 Å². The van der Waals surface area contributed by atoms with Crippen molar-refractivity contribution < 1.29 is 9.53 Å². The van der Waals surface area contributed by atoms with Crippen molar-refractivity contribution in [3.8, 4) is 5.75 Å². The first-order valence-electron chi connectivity index (χ1n) is 9.38. The highest BCUT2D eigenvalue weighted by atomic mass is 127. The summed E-state index contributed by atoms with van der Waals surface area (Å²) in [4.78, 5) is 12.3. The molecule has 0 bridgehead atoms. The Kier molecular flexibility index (Phi) is 7.92. The number of aryl methyl sites for hydroxylation is 1. The van der Waals surface area contributed by atoms with Crippen molar-refractivity contribution in [1.82, 2.24) is 14.8 Å². The Bertz CT molecular complexity index is 1030. The van der Waals surface area contributed by atoms with Crippen LogP contribution in [0.5, 0.6) is 5.75 Å². The minimum atomic E-state index is -0.0949. The molecule has 3 aromatic rings. The molecule has 0 saturated carbocycles. The molecule has 1 heterocycles. The topological polar surface area (TPSA) is 69.0 Å². The number of hydrogen-bond donors (Lipinski definition) is 1. The largest absolute Gasteiger partial charge is 0.485 e. The van der Waals surface area contributed by atoms with Crippen molar-refractivity contribution in [2.45, 2.75) is 32.2 Å². The van der Waals surface area contributed by atoms with E-state index in [1.165, 1.54) is 17.3 Å². The van der Waals surface area contributed by atoms with Gasteiger partial charge < -0.3 is 10.1 Å². The molecule has 1 N–H and O–H groups in total. The molecule has 3 rings (SSSR count). The van der Waals surface area contributed by atoms with E-state index in [0.29, 0.717) is 24.1 Å². The molecule has 0 spiro atoms. The monoisotopic (exact) mass is 534 g/mol. The summed E-state index contributed by atoms with van der Waals surface area (Å²) in [6, 6.07) is 13.6. The van der Waals surface area contributed by atoms with E-state index in [4.69, 9.17) is 4.74 Å². The highest BCUT2D eigenvalue weighted by Crippen LogP contribution is 2.23. The first-order valence-corrected chi connectivity index (χ1v) is 11.4. The number of benzene rings is 2. The number of amides is 1. The van der Waals surface area contributed by atoms with Gasteiger partial charge in [-0.25, -0.2) is 0 Å². The van der Waals surface area contributed by atoms with Gasteiger partial charge in [0.1, 0.15) is 12.4 Å².